The van der Waals surface area contributed by atoms with Crippen LogP contribution in [0.25, 0.3) is 0 Å². The summed E-state index contributed by atoms with van der Waals surface area (Å²) in [5.74, 6) is -1.52. The standard InChI is InChI=1S/C13H18N2O4/c1-14(2)13(4-3-5-13)8-15-10(12(18)19)6-9(16)7-11(15)17/h6-7,16H,3-5,8H2,1-2H3,(H,18,19). The van der Waals surface area contributed by atoms with Crippen molar-refractivity contribution in [3.05, 3.63) is 28.2 Å². The summed E-state index contributed by atoms with van der Waals surface area (Å²) < 4.78 is 1.24. The van der Waals surface area contributed by atoms with Crippen LogP contribution in [-0.2, 0) is 6.54 Å². The van der Waals surface area contributed by atoms with Gasteiger partial charge in [0.25, 0.3) is 5.56 Å². The van der Waals surface area contributed by atoms with Crippen molar-refractivity contribution in [1.29, 1.82) is 0 Å². The van der Waals surface area contributed by atoms with Crippen LogP contribution in [0.4, 0.5) is 0 Å². The van der Waals surface area contributed by atoms with Gasteiger partial charge in [-0.1, -0.05) is 0 Å². The average molecular weight is 266 g/mol. The highest BCUT2D eigenvalue weighted by atomic mass is 16.4. The number of pyridine rings is 1. The summed E-state index contributed by atoms with van der Waals surface area (Å²) in [6.07, 6.45) is 2.95. The Balaban J connectivity index is 2.45. The molecule has 0 saturated heterocycles. The molecule has 0 atom stereocenters. The summed E-state index contributed by atoms with van der Waals surface area (Å²) in [7, 11) is 3.87. The third-order valence-corrected chi connectivity index (χ3v) is 4.02. The van der Waals surface area contributed by atoms with Crippen LogP contribution in [0.5, 0.6) is 5.75 Å². The molecule has 0 radical (unpaired) electrons. The summed E-state index contributed by atoms with van der Waals surface area (Å²) in [5, 5.41) is 18.5. The predicted molar refractivity (Wildman–Crippen MR) is 69.6 cm³/mol. The van der Waals surface area contributed by atoms with Crippen LogP contribution in [0.3, 0.4) is 0 Å². The molecule has 0 unspecified atom stereocenters. The van der Waals surface area contributed by atoms with Gasteiger partial charge in [-0.25, -0.2) is 4.79 Å². The summed E-state index contributed by atoms with van der Waals surface area (Å²) in [4.78, 5) is 25.2. The minimum atomic E-state index is -1.21. The van der Waals surface area contributed by atoms with Gasteiger partial charge in [-0.2, -0.15) is 0 Å². The van der Waals surface area contributed by atoms with Gasteiger partial charge in [-0.15, -0.1) is 0 Å². The van der Waals surface area contributed by atoms with Crippen LogP contribution in [0, 0.1) is 0 Å². The van der Waals surface area contributed by atoms with E-state index < -0.39 is 11.5 Å². The van der Waals surface area contributed by atoms with Crippen LogP contribution >= 0.6 is 0 Å². The first-order chi connectivity index (χ1) is 8.85. The highest BCUT2D eigenvalue weighted by Gasteiger charge is 2.40. The number of aromatic hydroxyl groups is 1. The minimum Gasteiger partial charge on any atom is -0.508 e. The molecule has 1 aromatic rings. The number of carboxylic acid groups (broad SMARTS) is 1. The first kappa shape index (κ1) is 13.6. The van der Waals surface area contributed by atoms with E-state index >= 15 is 0 Å². The number of hydrogen-bond donors (Lipinski definition) is 2. The topological polar surface area (TPSA) is 82.8 Å². The molecule has 6 heteroatoms. The van der Waals surface area contributed by atoms with Crippen LogP contribution < -0.4 is 5.56 Å². The first-order valence-corrected chi connectivity index (χ1v) is 6.20. The monoisotopic (exact) mass is 266 g/mol. The molecule has 2 N–H and O–H groups in total. The molecule has 1 aromatic heterocycles. The van der Waals surface area contributed by atoms with Crippen LogP contribution in [0.1, 0.15) is 29.8 Å². The fraction of sp³-hybridized carbons (Fsp3) is 0.538. The molecule has 0 bridgehead atoms. The van der Waals surface area contributed by atoms with Gasteiger partial charge in [0.1, 0.15) is 11.4 Å². The molecule has 19 heavy (non-hydrogen) atoms. The van der Waals surface area contributed by atoms with Crippen molar-refractivity contribution in [1.82, 2.24) is 9.47 Å². The maximum atomic E-state index is 11.9. The molecule has 1 fully saturated rings. The zero-order valence-electron chi connectivity index (χ0n) is 11.1. The third kappa shape index (κ3) is 2.35. The number of carboxylic acids is 1. The molecule has 0 aromatic carbocycles. The molecule has 1 heterocycles. The lowest BCUT2D eigenvalue weighted by molar-refractivity contribution is 0.0388. The second kappa shape index (κ2) is 4.70. The number of nitrogens with zero attached hydrogens (tertiary/aromatic N) is 2. The molecule has 0 aliphatic heterocycles. The Labute approximate surface area is 110 Å². The molecule has 104 valence electrons. The van der Waals surface area contributed by atoms with E-state index in [0.29, 0.717) is 6.54 Å². The van der Waals surface area contributed by atoms with E-state index in [2.05, 4.69) is 0 Å². The van der Waals surface area contributed by atoms with Gasteiger partial charge in [-0.3, -0.25) is 4.79 Å². The first-order valence-electron chi connectivity index (χ1n) is 6.20. The van der Waals surface area contributed by atoms with Crippen molar-refractivity contribution in [2.45, 2.75) is 31.3 Å². The molecule has 6 nitrogen and oxygen atoms in total. The molecule has 1 aliphatic carbocycles. The smallest absolute Gasteiger partial charge is 0.352 e. The molecular formula is C13H18N2O4. The molecular weight excluding hydrogens is 248 g/mol. The highest BCUT2D eigenvalue weighted by molar-refractivity contribution is 5.86. The van der Waals surface area contributed by atoms with E-state index in [4.69, 9.17) is 5.11 Å². The Morgan fingerprint density at radius 2 is 2.05 bits per heavy atom. The van der Waals surface area contributed by atoms with E-state index in [9.17, 15) is 14.7 Å². The predicted octanol–water partition coefficient (Wildman–Crippen LogP) is 0.736. The summed E-state index contributed by atoms with van der Waals surface area (Å²) >= 11 is 0. The van der Waals surface area contributed by atoms with Crippen LogP contribution in [0.2, 0.25) is 0 Å². The summed E-state index contributed by atoms with van der Waals surface area (Å²) in [6, 6.07) is 2.17. The van der Waals surface area contributed by atoms with E-state index in [0.717, 1.165) is 31.4 Å². The Morgan fingerprint density at radius 1 is 1.42 bits per heavy atom. The summed E-state index contributed by atoms with van der Waals surface area (Å²) in [5.41, 5.74) is -0.811. The quantitative estimate of drug-likeness (QED) is 0.839. The lowest BCUT2D eigenvalue weighted by Gasteiger charge is -2.47. The van der Waals surface area contributed by atoms with Gasteiger partial charge in [0, 0.05) is 24.2 Å². The number of aromatic carboxylic acids is 1. The molecule has 1 saturated carbocycles. The maximum absolute atomic E-state index is 11.9. The number of aromatic nitrogens is 1. The second-order valence-electron chi connectivity index (χ2n) is 5.30. The van der Waals surface area contributed by atoms with Crippen molar-refractivity contribution in [3.8, 4) is 5.75 Å². The Morgan fingerprint density at radius 3 is 2.47 bits per heavy atom. The van der Waals surface area contributed by atoms with E-state index in [1.165, 1.54) is 4.57 Å². The van der Waals surface area contributed by atoms with Crippen LogP contribution in [-0.4, -0.2) is 45.3 Å². The Hall–Kier alpha value is -1.82. The molecule has 1 aliphatic rings. The van der Waals surface area contributed by atoms with Crippen molar-refractivity contribution in [2.75, 3.05) is 14.1 Å². The van der Waals surface area contributed by atoms with Gasteiger partial charge in [0.2, 0.25) is 0 Å². The van der Waals surface area contributed by atoms with Gasteiger partial charge in [0.15, 0.2) is 0 Å². The van der Waals surface area contributed by atoms with Crippen molar-refractivity contribution in [2.24, 2.45) is 0 Å². The zero-order valence-corrected chi connectivity index (χ0v) is 11.1. The van der Waals surface area contributed by atoms with Gasteiger partial charge in [0.05, 0.1) is 0 Å². The number of hydrogen-bond acceptors (Lipinski definition) is 4. The Bertz CT molecular complexity index is 558. The number of carbonyl (C=O) groups is 1. The van der Waals surface area contributed by atoms with E-state index in [1.54, 1.807) is 0 Å². The number of rotatable bonds is 4. The van der Waals surface area contributed by atoms with Gasteiger partial charge >= 0.3 is 5.97 Å². The van der Waals surface area contributed by atoms with Crippen molar-refractivity contribution >= 4 is 5.97 Å². The van der Waals surface area contributed by atoms with Crippen molar-refractivity contribution in [3.63, 3.8) is 0 Å². The molecule has 0 spiro atoms. The molecule has 0 amide bonds. The van der Waals surface area contributed by atoms with Crippen molar-refractivity contribution < 1.29 is 15.0 Å². The zero-order chi connectivity index (χ0) is 14.2. The minimum absolute atomic E-state index is 0.162. The fourth-order valence-corrected chi connectivity index (χ4v) is 2.55. The van der Waals surface area contributed by atoms with E-state index in [1.807, 2.05) is 19.0 Å². The third-order valence-electron chi connectivity index (χ3n) is 4.02. The highest BCUT2D eigenvalue weighted by Crippen LogP contribution is 2.37. The van der Waals surface area contributed by atoms with Crippen LogP contribution in [0.15, 0.2) is 16.9 Å². The lowest BCUT2D eigenvalue weighted by atomic mass is 9.75. The Kier molecular flexibility index (Phi) is 3.36. The second-order valence-corrected chi connectivity index (χ2v) is 5.30. The fourth-order valence-electron chi connectivity index (χ4n) is 2.55. The summed E-state index contributed by atoms with van der Waals surface area (Å²) in [6.45, 7) is 0.334. The average Bonchev–Trinajstić information content (AvgIpc) is 2.23. The normalized spacial score (nSPS) is 17.2. The SMILES string of the molecule is CN(C)C1(Cn2c(C(=O)O)cc(O)cc2=O)CCC1. The number of likely N-dealkylation sites (N-methyl/N-ethyl adjacent to an activating group) is 1. The largest absolute Gasteiger partial charge is 0.508 e. The maximum Gasteiger partial charge on any atom is 0.352 e. The van der Waals surface area contributed by atoms with Gasteiger partial charge < -0.3 is 19.7 Å². The van der Waals surface area contributed by atoms with E-state index in [-0.39, 0.29) is 17.0 Å². The lowest BCUT2D eigenvalue weighted by Crippen LogP contribution is -2.54. The van der Waals surface area contributed by atoms with Gasteiger partial charge in [-0.05, 0) is 33.4 Å². The molecule has 2 rings (SSSR count).